The summed E-state index contributed by atoms with van der Waals surface area (Å²) in [5.74, 6) is 1.52. The molecule has 0 heterocycles. The number of hydrogen-bond donors (Lipinski definition) is 0. The van der Waals surface area contributed by atoms with E-state index < -0.39 is 0 Å². The molecule has 0 aromatic rings. The summed E-state index contributed by atoms with van der Waals surface area (Å²) in [5.41, 5.74) is -0.245. The molecule has 0 saturated heterocycles. The summed E-state index contributed by atoms with van der Waals surface area (Å²) in [6, 6.07) is 0. The van der Waals surface area contributed by atoms with Gasteiger partial charge in [-0.1, -0.05) is 12.1 Å². The zero-order valence-corrected chi connectivity index (χ0v) is 10.7. The summed E-state index contributed by atoms with van der Waals surface area (Å²) in [6.45, 7) is 5.13. The molecule has 2 aliphatic rings. The van der Waals surface area contributed by atoms with Crippen LogP contribution < -0.4 is 0 Å². The van der Waals surface area contributed by atoms with Crippen molar-refractivity contribution in [2.45, 2.75) is 32.6 Å². The van der Waals surface area contributed by atoms with Crippen LogP contribution in [0.3, 0.4) is 0 Å². The first-order chi connectivity index (χ1) is 8.22. The summed E-state index contributed by atoms with van der Waals surface area (Å²) < 4.78 is 11.3. The van der Waals surface area contributed by atoms with E-state index in [-0.39, 0.29) is 12.0 Å². The Bertz CT molecular complexity index is 231. The highest BCUT2D eigenvalue weighted by Gasteiger charge is 2.29. The van der Waals surface area contributed by atoms with E-state index >= 15 is 0 Å². The molecule has 0 atom stereocenters. The van der Waals surface area contributed by atoms with Crippen molar-refractivity contribution in [2.75, 3.05) is 33.0 Å². The molecule has 4 heteroatoms. The van der Waals surface area contributed by atoms with E-state index in [2.05, 4.69) is 5.18 Å². The Kier molecular flexibility index (Phi) is 4.51. The molecule has 2 fully saturated rings. The standard InChI is InChI=1S/C13H23NO3/c1-13(8-14-15,9-16-6-11-2-3-11)10-17-7-12-4-5-12/h11-12H,2-10H2,1H3. The lowest BCUT2D eigenvalue weighted by Crippen LogP contribution is -2.33. The fourth-order valence-corrected chi connectivity index (χ4v) is 1.80. The topological polar surface area (TPSA) is 47.9 Å². The number of nitrogens with zero attached hydrogens (tertiary/aromatic N) is 1. The molecule has 0 aromatic carbocycles. The van der Waals surface area contributed by atoms with Crippen molar-refractivity contribution in [1.29, 1.82) is 0 Å². The Morgan fingerprint density at radius 3 is 1.88 bits per heavy atom. The van der Waals surface area contributed by atoms with Crippen LogP contribution in [0.2, 0.25) is 0 Å². The van der Waals surface area contributed by atoms with E-state index in [0.29, 0.717) is 13.2 Å². The van der Waals surface area contributed by atoms with Gasteiger partial charge in [0.05, 0.1) is 19.8 Å². The number of ether oxygens (including phenoxy) is 2. The Balaban J connectivity index is 1.63. The third kappa shape index (κ3) is 5.13. The lowest BCUT2D eigenvalue weighted by molar-refractivity contribution is -0.0134. The van der Waals surface area contributed by atoms with E-state index in [0.717, 1.165) is 25.0 Å². The zero-order valence-electron chi connectivity index (χ0n) is 10.7. The lowest BCUT2D eigenvalue weighted by atomic mass is 9.93. The maximum absolute atomic E-state index is 10.5. The third-order valence-corrected chi connectivity index (χ3v) is 3.45. The van der Waals surface area contributed by atoms with Crippen LogP contribution in [0.1, 0.15) is 32.6 Å². The molecule has 17 heavy (non-hydrogen) atoms. The first-order valence-corrected chi connectivity index (χ1v) is 6.66. The van der Waals surface area contributed by atoms with E-state index in [1.165, 1.54) is 25.7 Å². The highest BCUT2D eigenvalue weighted by atomic mass is 16.5. The van der Waals surface area contributed by atoms with Crippen LogP contribution >= 0.6 is 0 Å². The molecular weight excluding hydrogens is 218 g/mol. The van der Waals surface area contributed by atoms with Crippen LogP contribution in [0.15, 0.2) is 5.18 Å². The highest BCUT2D eigenvalue weighted by molar-refractivity contribution is 4.79. The molecule has 2 rings (SSSR count). The maximum atomic E-state index is 10.5. The van der Waals surface area contributed by atoms with Crippen molar-refractivity contribution in [3.8, 4) is 0 Å². The van der Waals surface area contributed by atoms with Gasteiger partial charge in [-0.05, 0) is 37.5 Å². The second-order valence-electron chi connectivity index (χ2n) is 6.01. The predicted octanol–water partition coefficient (Wildman–Crippen LogP) is 2.61. The fourth-order valence-electron chi connectivity index (χ4n) is 1.80. The summed E-state index contributed by atoms with van der Waals surface area (Å²) in [7, 11) is 0. The fraction of sp³-hybridized carbons (Fsp3) is 1.00. The van der Waals surface area contributed by atoms with Gasteiger partial charge in [0.2, 0.25) is 0 Å². The van der Waals surface area contributed by atoms with Crippen molar-refractivity contribution in [2.24, 2.45) is 22.4 Å². The van der Waals surface area contributed by atoms with Gasteiger partial charge in [0.15, 0.2) is 0 Å². The molecule has 4 nitrogen and oxygen atoms in total. The smallest absolute Gasteiger partial charge is 0.0908 e. The van der Waals surface area contributed by atoms with Gasteiger partial charge in [0.25, 0.3) is 0 Å². The molecule has 0 amide bonds. The molecule has 0 N–H and O–H groups in total. The molecular formula is C13H23NO3. The average Bonchev–Trinajstić information content (AvgIpc) is 3.13. The van der Waals surface area contributed by atoms with Crippen molar-refractivity contribution >= 4 is 0 Å². The van der Waals surface area contributed by atoms with Gasteiger partial charge in [0, 0.05) is 18.6 Å². The maximum Gasteiger partial charge on any atom is 0.0908 e. The average molecular weight is 241 g/mol. The molecule has 0 radical (unpaired) electrons. The van der Waals surface area contributed by atoms with E-state index in [9.17, 15) is 4.91 Å². The molecule has 2 saturated carbocycles. The summed E-state index contributed by atoms with van der Waals surface area (Å²) in [5, 5.41) is 3.02. The van der Waals surface area contributed by atoms with Gasteiger partial charge in [-0.25, -0.2) is 0 Å². The summed E-state index contributed by atoms with van der Waals surface area (Å²) in [6.07, 6.45) is 5.17. The van der Waals surface area contributed by atoms with Crippen molar-refractivity contribution in [1.82, 2.24) is 0 Å². The van der Waals surface area contributed by atoms with E-state index in [4.69, 9.17) is 9.47 Å². The molecule has 0 bridgehead atoms. The number of rotatable bonds is 10. The molecule has 0 aromatic heterocycles. The SMILES string of the molecule is CC(CN=O)(COCC1CC1)COCC1CC1. The first-order valence-electron chi connectivity index (χ1n) is 6.66. The Morgan fingerprint density at radius 2 is 1.53 bits per heavy atom. The quantitative estimate of drug-likeness (QED) is 0.552. The summed E-state index contributed by atoms with van der Waals surface area (Å²) >= 11 is 0. The molecule has 0 spiro atoms. The number of nitroso groups, excluding NO2 is 1. The normalized spacial score (nSPS) is 20.5. The largest absolute Gasteiger partial charge is 0.380 e. The van der Waals surface area contributed by atoms with Crippen LogP contribution in [0.25, 0.3) is 0 Å². The minimum absolute atomic E-state index is 0.245. The summed E-state index contributed by atoms with van der Waals surface area (Å²) in [4.78, 5) is 10.5. The van der Waals surface area contributed by atoms with E-state index in [1.54, 1.807) is 0 Å². The van der Waals surface area contributed by atoms with Gasteiger partial charge in [-0.3, -0.25) is 0 Å². The predicted molar refractivity (Wildman–Crippen MR) is 65.9 cm³/mol. The molecule has 0 unspecified atom stereocenters. The van der Waals surface area contributed by atoms with Crippen molar-refractivity contribution in [3.63, 3.8) is 0 Å². The second kappa shape index (κ2) is 5.91. The van der Waals surface area contributed by atoms with Gasteiger partial charge in [0.1, 0.15) is 0 Å². The third-order valence-electron chi connectivity index (χ3n) is 3.45. The Morgan fingerprint density at radius 1 is 1.06 bits per heavy atom. The minimum atomic E-state index is -0.245. The van der Waals surface area contributed by atoms with Crippen LogP contribution in [0.4, 0.5) is 0 Å². The minimum Gasteiger partial charge on any atom is -0.380 e. The first kappa shape index (κ1) is 13.0. The highest BCUT2D eigenvalue weighted by Crippen LogP contribution is 2.31. The Hall–Kier alpha value is -0.480. The van der Waals surface area contributed by atoms with E-state index in [1.807, 2.05) is 6.92 Å². The van der Waals surface area contributed by atoms with Crippen molar-refractivity contribution < 1.29 is 9.47 Å². The van der Waals surface area contributed by atoms with Crippen LogP contribution in [0.5, 0.6) is 0 Å². The zero-order chi connectivity index (χ0) is 12.1. The molecule has 2 aliphatic carbocycles. The lowest BCUT2D eigenvalue weighted by Gasteiger charge is -2.26. The van der Waals surface area contributed by atoms with Gasteiger partial charge in [-0.15, -0.1) is 0 Å². The number of hydrogen-bond acceptors (Lipinski definition) is 4. The monoisotopic (exact) mass is 241 g/mol. The van der Waals surface area contributed by atoms with Crippen LogP contribution in [-0.4, -0.2) is 33.0 Å². The van der Waals surface area contributed by atoms with Crippen LogP contribution in [-0.2, 0) is 9.47 Å². The van der Waals surface area contributed by atoms with Gasteiger partial charge in [-0.2, -0.15) is 4.91 Å². The van der Waals surface area contributed by atoms with Crippen molar-refractivity contribution in [3.05, 3.63) is 4.91 Å². The molecule has 98 valence electrons. The second-order valence-corrected chi connectivity index (χ2v) is 6.01. The van der Waals surface area contributed by atoms with Crippen LogP contribution in [0, 0.1) is 22.2 Å². The molecule has 0 aliphatic heterocycles. The van der Waals surface area contributed by atoms with Gasteiger partial charge >= 0.3 is 0 Å². The van der Waals surface area contributed by atoms with Gasteiger partial charge < -0.3 is 9.47 Å². The Labute approximate surface area is 103 Å².